The Labute approximate surface area is 130 Å². The molecule has 0 aliphatic heterocycles. The Kier molecular flexibility index (Phi) is 5.53. The highest BCUT2D eigenvalue weighted by Crippen LogP contribution is 2.15. The lowest BCUT2D eigenvalue weighted by Crippen LogP contribution is -2.24. The summed E-state index contributed by atoms with van der Waals surface area (Å²) < 4.78 is 6.99. The quantitative estimate of drug-likeness (QED) is 0.583. The Hall–Kier alpha value is -2.36. The van der Waals surface area contributed by atoms with Crippen LogP contribution in [0.15, 0.2) is 48.8 Å². The predicted molar refractivity (Wildman–Crippen MR) is 84.9 cm³/mol. The summed E-state index contributed by atoms with van der Waals surface area (Å²) in [6.07, 6.45) is 5.13. The SMILES string of the molecule is CCOC(=O)C(CCc1ccc(-n2cccc2)cc1)C(C)=O. The smallest absolute Gasteiger partial charge is 0.316 e. The molecule has 1 aromatic carbocycles. The fraction of sp³-hybridized carbons (Fsp3) is 0.333. The summed E-state index contributed by atoms with van der Waals surface area (Å²) >= 11 is 0. The summed E-state index contributed by atoms with van der Waals surface area (Å²) in [6.45, 7) is 3.49. The minimum absolute atomic E-state index is 0.137. The van der Waals surface area contributed by atoms with Crippen LogP contribution in [0.25, 0.3) is 5.69 Å². The van der Waals surface area contributed by atoms with Gasteiger partial charge in [-0.05, 0) is 56.5 Å². The minimum atomic E-state index is -0.663. The van der Waals surface area contributed by atoms with Crippen LogP contribution in [0, 0.1) is 5.92 Å². The Morgan fingerprint density at radius 1 is 1.14 bits per heavy atom. The van der Waals surface area contributed by atoms with Crippen molar-refractivity contribution in [1.82, 2.24) is 4.57 Å². The number of nitrogens with zero attached hydrogens (tertiary/aromatic N) is 1. The fourth-order valence-electron chi connectivity index (χ4n) is 2.38. The van der Waals surface area contributed by atoms with Crippen LogP contribution in [-0.2, 0) is 20.7 Å². The van der Waals surface area contributed by atoms with E-state index in [-0.39, 0.29) is 5.78 Å². The molecule has 4 nitrogen and oxygen atoms in total. The van der Waals surface area contributed by atoms with E-state index < -0.39 is 11.9 Å². The van der Waals surface area contributed by atoms with Crippen molar-refractivity contribution in [3.63, 3.8) is 0 Å². The largest absolute Gasteiger partial charge is 0.465 e. The molecular formula is C18H21NO3. The van der Waals surface area contributed by atoms with Crippen molar-refractivity contribution in [3.8, 4) is 5.69 Å². The first kappa shape index (κ1) is 16.0. The van der Waals surface area contributed by atoms with Crippen LogP contribution in [-0.4, -0.2) is 22.9 Å². The molecule has 0 aliphatic carbocycles. The van der Waals surface area contributed by atoms with Gasteiger partial charge in [0.2, 0.25) is 0 Å². The minimum Gasteiger partial charge on any atom is -0.465 e. The number of aryl methyl sites for hydroxylation is 1. The van der Waals surface area contributed by atoms with Crippen molar-refractivity contribution in [2.24, 2.45) is 5.92 Å². The third-order valence-electron chi connectivity index (χ3n) is 3.62. The van der Waals surface area contributed by atoms with Gasteiger partial charge in [-0.25, -0.2) is 0 Å². The van der Waals surface area contributed by atoms with Crippen LogP contribution in [0.2, 0.25) is 0 Å². The van der Waals surface area contributed by atoms with Crippen LogP contribution in [0.4, 0.5) is 0 Å². The summed E-state index contributed by atoms with van der Waals surface area (Å²) in [6, 6.07) is 12.1. The predicted octanol–water partition coefficient (Wildman–Crippen LogP) is 3.18. The van der Waals surface area contributed by atoms with E-state index in [2.05, 4.69) is 0 Å². The van der Waals surface area contributed by atoms with E-state index in [9.17, 15) is 9.59 Å². The van der Waals surface area contributed by atoms with Gasteiger partial charge in [0.25, 0.3) is 0 Å². The second-order valence-electron chi connectivity index (χ2n) is 5.21. The molecule has 2 aromatic rings. The fourth-order valence-corrected chi connectivity index (χ4v) is 2.38. The van der Waals surface area contributed by atoms with Crippen molar-refractivity contribution < 1.29 is 14.3 Å². The molecule has 1 heterocycles. The Morgan fingerprint density at radius 3 is 2.32 bits per heavy atom. The standard InChI is InChI=1S/C18H21NO3/c1-3-22-18(21)17(14(2)20)11-8-15-6-9-16(10-7-15)19-12-4-5-13-19/h4-7,9-10,12-13,17H,3,8,11H2,1-2H3. The zero-order valence-electron chi connectivity index (χ0n) is 13.0. The topological polar surface area (TPSA) is 48.3 Å². The molecule has 0 fully saturated rings. The number of ketones is 1. The van der Waals surface area contributed by atoms with Gasteiger partial charge in [-0.1, -0.05) is 12.1 Å². The molecule has 0 spiro atoms. The molecule has 1 atom stereocenters. The van der Waals surface area contributed by atoms with E-state index in [1.54, 1.807) is 6.92 Å². The maximum Gasteiger partial charge on any atom is 0.316 e. The van der Waals surface area contributed by atoms with Gasteiger partial charge in [-0.15, -0.1) is 0 Å². The maximum atomic E-state index is 11.8. The van der Waals surface area contributed by atoms with Gasteiger partial charge in [0.05, 0.1) is 6.61 Å². The van der Waals surface area contributed by atoms with Gasteiger partial charge in [-0.2, -0.15) is 0 Å². The molecule has 22 heavy (non-hydrogen) atoms. The first-order valence-electron chi connectivity index (χ1n) is 7.51. The summed E-state index contributed by atoms with van der Waals surface area (Å²) in [5, 5.41) is 0. The molecule has 116 valence electrons. The molecule has 4 heteroatoms. The molecule has 1 unspecified atom stereocenters. The molecule has 0 N–H and O–H groups in total. The lowest BCUT2D eigenvalue weighted by Gasteiger charge is -2.12. The first-order valence-corrected chi connectivity index (χ1v) is 7.51. The van der Waals surface area contributed by atoms with Gasteiger partial charge in [0, 0.05) is 18.1 Å². The van der Waals surface area contributed by atoms with Crippen LogP contribution >= 0.6 is 0 Å². The number of ether oxygens (including phenoxy) is 1. The zero-order valence-corrected chi connectivity index (χ0v) is 13.0. The summed E-state index contributed by atoms with van der Waals surface area (Å²) in [4.78, 5) is 23.4. The highest BCUT2D eigenvalue weighted by Gasteiger charge is 2.24. The second kappa shape index (κ2) is 7.59. The monoisotopic (exact) mass is 299 g/mol. The number of hydrogen-bond donors (Lipinski definition) is 0. The van der Waals surface area contributed by atoms with E-state index in [4.69, 9.17) is 4.74 Å². The van der Waals surface area contributed by atoms with Gasteiger partial charge in [0.15, 0.2) is 0 Å². The van der Waals surface area contributed by atoms with Crippen molar-refractivity contribution in [2.75, 3.05) is 6.61 Å². The highest BCUT2D eigenvalue weighted by molar-refractivity contribution is 5.97. The third-order valence-corrected chi connectivity index (χ3v) is 3.62. The number of esters is 1. The Balaban J connectivity index is 1.98. The van der Waals surface area contributed by atoms with Gasteiger partial charge in [0.1, 0.15) is 11.7 Å². The number of carbonyl (C=O) groups excluding carboxylic acids is 2. The molecule has 1 aromatic heterocycles. The van der Waals surface area contributed by atoms with Crippen LogP contribution < -0.4 is 0 Å². The van der Waals surface area contributed by atoms with Crippen LogP contribution in [0.1, 0.15) is 25.8 Å². The summed E-state index contributed by atoms with van der Waals surface area (Å²) in [5.74, 6) is -1.22. The highest BCUT2D eigenvalue weighted by atomic mass is 16.5. The number of carbonyl (C=O) groups is 2. The molecule has 0 saturated heterocycles. The third kappa shape index (κ3) is 4.07. The van der Waals surface area contributed by atoms with E-state index in [0.29, 0.717) is 19.4 Å². The summed E-state index contributed by atoms with van der Waals surface area (Å²) in [7, 11) is 0. The molecular weight excluding hydrogens is 278 g/mol. The van der Waals surface area contributed by atoms with Gasteiger partial charge < -0.3 is 9.30 Å². The van der Waals surface area contributed by atoms with Crippen molar-refractivity contribution >= 4 is 11.8 Å². The van der Waals surface area contributed by atoms with E-state index in [1.807, 2.05) is 53.4 Å². The Morgan fingerprint density at radius 2 is 1.77 bits per heavy atom. The van der Waals surface area contributed by atoms with E-state index >= 15 is 0 Å². The van der Waals surface area contributed by atoms with E-state index in [0.717, 1.165) is 11.3 Å². The molecule has 0 bridgehead atoms. The van der Waals surface area contributed by atoms with Crippen molar-refractivity contribution in [3.05, 3.63) is 54.4 Å². The number of aromatic nitrogens is 1. The second-order valence-corrected chi connectivity index (χ2v) is 5.21. The molecule has 0 radical (unpaired) electrons. The number of benzene rings is 1. The molecule has 0 aliphatic rings. The number of rotatable bonds is 7. The van der Waals surface area contributed by atoms with Crippen molar-refractivity contribution in [1.29, 1.82) is 0 Å². The average Bonchev–Trinajstić information content (AvgIpc) is 3.02. The zero-order chi connectivity index (χ0) is 15.9. The number of Topliss-reactive ketones (excluding diaryl/α,β-unsaturated/α-hetero) is 1. The summed E-state index contributed by atoms with van der Waals surface area (Å²) in [5.41, 5.74) is 2.19. The van der Waals surface area contributed by atoms with E-state index in [1.165, 1.54) is 6.92 Å². The molecule has 2 rings (SSSR count). The van der Waals surface area contributed by atoms with Crippen LogP contribution in [0.5, 0.6) is 0 Å². The average molecular weight is 299 g/mol. The van der Waals surface area contributed by atoms with Crippen molar-refractivity contribution in [2.45, 2.75) is 26.7 Å². The Bertz CT molecular complexity index is 614. The lowest BCUT2D eigenvalue weighted by molar-refractivity contribution is -0.151. The normalized spacial score (nSPS) is 11.9. The van der Waals surface area contributed by atoms with Gasteiger partial charge in [-0.3, -0.25) is 9.59 Å². The lowest BCUT2D eigenvalue weighted by atomic mass is 9.96. The first-order chi connectivity index (χ1) is 10.6. The van der Waals surface area contributed by atoms with Crippen LogP contribution in [0.3, 0.4) is 0 Å². The van der Waals surface area contributed by atoms with Gasteiger partial charge >= 0.3 is 5.97 Å². The maximum absolute atomic E-state index is 11.8. The molecule has 0 saturated carbocycles. The number of hydrogen-bond acceptors (Lipinski definition) is 3. The molecule has 0 amide bonds.